The first-order valence-electron chi connectivity index (χ1n) is 10.5. The van der Waals surface area contributed by atoms with Gasteiger partial charge in [0, 0.05) is 37.4 Å². The number of rotatable bonds is 4. The number of likely N-dealkylation sites (N-methyl/N-ethyl adjacent to an activating group) is 1. The van der Waals surface area contributed by atoms with Crippen LogP contribution in [0.1, 0.15) is 5.56 Å². The van der Waals surface area contributed by atoms with Crippen LogP contribution in [0.25, 0.3) is 11.3 Å². The Hall–Kier alpha value is -3.37. The van der Waals surface area contributed by atoms with Gasteiger partial charge in [0.25, 0.3) is 0 Å². The van der Waals surface area contributed by atoms with Crippen molar-refractivity contribution in [3.8, 4) is 11.3 Å². The third-order valence-corrected chi connectivity index (χ3v) is 5.79. The maximum Gasteiger partial charge on any atom is 0.416 e. The molecular weight excluding hydrogens is 469 g/mol. The van der Waals surface area contributed by atoms with Crippen molar-refractivity contribution in [3.63, 3.8) is 0 Å². The van der Waals surface area contributed by atoms with Gasteiger partial charge in [0.1, 0.15) is 0 Å². The maximum absolute atomic E-state index is 12.9. The Morgan fingerprint density at radius 2 is 1.65 bits per heavy atom. The Labute approximate surface area is 199 Å². The van der Waals surface area contributed by atoms with E-state index in [0.29, 0.717) is 11.4 Å². The Morgan fingerprint density at radius 3 is 2.26 bits per heavy atom. The van der Waals surface area contributed by atoms with Gasteiger partial charge in [-0.1, -0.05) is 23.7 Å². The normalized spacial score (nSPS) is 14.7. The molecule has 1 aliphatic heterocycles. The summed E-state index contributed by atoms with van der Waals surface area (Å²) in [5.41, 5.74) is 0.901. The molecule has 1 aromatic heterocycles. The molecule has 2 aromatic carbocycles. The first-order chi connectivity index (χ1) is 16.2. The summed E-state index contributed by atoms with van der Waals surface area (Å²) in [6, 6.07) is 12.7. The van der Waals surface area contributed by atoms with Gasteiger partial charge in [-0.25, -0.2) is 4.79 Å². The lowest BCUT2D eigenvalue weighted by atomic mass is 10.1. The van der Waals surface area contributed by atoms with Crippen LogP contribution in [-0.4, -0.2) is 54.4 Å². The molecule has 1 fully saturated rings. The number of alkyl halides is 3. The third kappa shape index (κ3) is 5.75. The molecule has 0 atom stereocenters. The van der Waals surface area contributed by atoms with Gasteiger partial charge in [-0.2, -0.15) is 13.2 Å². The molecule has 11 heteroatoms. The van der Waals surface area contributed by atoms with E-state index in [4.69, 9.17) is 11.6 Å². The number of carbonyl (C=O) groups is 1. The molecule has 0 radical (unpaired) electrons. The van der Waals surface area contributed by atoms with Crippen LogP contribution in [0.3, 0.4) is 0 Å². The largest absolute Gasteiger partial charge is 0.416 e. The Morgan fingerprint density at radius 1 is 0.941 bits per heavy atom. The lowest BCUT2D eigenvalue weighted by Crippen LogP contribution is -2.44. The maximum atomic E-state index is 12.9. The molecule has 0 unspecified atom stereocenters. The number of aromatic nitrogens is 2. The number of nitrogens with one attached hydrogen (secondary N) is 2. The zero-order valence-corrected chi connectivity index (χ0v) is 19.0. The molecular formula is C23H22ClF3N6O. The third-order valence-electron chi connectivity index (χ3n) is 5.46. The number of anilines is 3. The number of halogens is 4. The van der Waals surface area contributed by atoms with Crippen LogP contribution in [-0.2, 0) is 6.18 Å². The number of carbonyl (C=O) groups excluding carboxylic acids is 1. The fraction of sp³-hybridized carbons (Fsp3) is 0.261. The van der Waals surface area contributed by atoms with Crippen molar-refractivity contribution in [1.82, 2.24) is 15.1 Å². The lowest BCUT2D eigenvalue weighted by molar-refractivity contribution is -0.137. The number of piperazine rings is 1. The van der Waals surface area contributed by atoms with Crippen LogP contribution < -0.4 is 15.5 Å². The van der Waals surface area contributed by atoms with E-state index in [9.17, 15) is 18.0 Å². The van der Waals surface area contributed by atoms with Gasteiger partial charge < -0.3 is 20.4 Å². The van der Waals surface area contributed by atoms with Crippen molar-refractivity contribution in [2.45, 2.75) is 6.18 Å². The average Bonchev–Trinajstić information content (AvgIpc) is 2.81. The Kier molecular flexibility index (Phi) is 6.90. The summed E-state index contributed by atoms with van der Waals surface area (Å²) in [5, 5.41) is 13.6. The second-order valence-electron chi connectivity index (χ2n) is 7.92. The van der Waals surface area contributed by atoms with Gasteiger partial charge in [-0.3, -0.25) is 0 Å². The highest BCUT2D eigenvalue weighted by Gasteiger charge is 2.31. The van der Waals surface area contributed by atoms with E-state index in [1.165, 1.54) is 0 Å². The molecule has 1 aliphatic rings. The number of urea groups is 1. The van der Waals surface area contributed by atoms with E-state index in [0.717, 1.165) is 55.8 Å². The number of hydrogen-bond acceptors (Lipinski definition) is 5. The number of hydrogen-bond donors (Lipinski definition) is 2. The van der Waals surface area contributed by atoms with Gasteiger partial charge in [0.05, 0.1) is 22.0 Å². The van der Waals surface area contributed by atoms with Crippen molar-refractivity contribution >= 4 is 34.8 Å². The van der Waals surface area contributed by atoms with E-state index in [1.54, 1.807) is 24.3 Å². The highest BCUT2D eigenvalue weighted by molar-refractivity contribution is 6.33. The van der Waals surface area contributed by atoms with E-state index in [2.05, 4.69) is 37.7 Å². The van der Waals surface area contributed by atoms with Crippen LogP contribution in [0.4, 0.5) is 35.2 Å². The smallest absolute Gasteiger partial charge is 0.353 e. The lowest BCUT2D eigenvalue weighted by Gasteiger charge is -2.32. The summed E-state index contributed by atoms with van der Waals surface area (Å²) in [7, 11) is 2.09. The summed E-state index contributed by atoms with van der Waals surface area (Å²) < 4.78 is 38.7. The number of nitrogens with zero attached hydrogens (tertiary/aromatic N) is 4. The molecule has 34 heavy (non-hydrogen) atoms. The number of benzene rings is 2. The molecule has 178 valence electrons. The van der Waals surface area contributed by atoms with Crippen molar-refractivity contribution in [2.75, 3.05) is 48.8 Å². The van der Waals surface area contributed by atoms with Gasteiger partial charge in [0.15, 0.2) is 5.82 Å². The van der Waals surface area contributed by atoms with Crippen LogP contribution in [0.5, 0.6) is 0 Å². The second kappa shape index (κ2) is 9.86. The molecule has 0 spiro atoms. The van der Waals surface area contributed by atoms with E-state index >= 15 is 0 Å². The fourth-order valence-electron chi connectivity index (χ4n) is 3.49. The summed E-state index contributed by atoms with van der Waals surface area (Å²) in [6.45, 7) is 3.76. The molecule has 2 amide bonds. The summed E-state index contributed by atoms with van der Waals surface area (Å²) in [6.07, 6.45) is -4.54. The van der Waals surface area contributed by atoms with Gasteiger partial charge in [0.2, 0.25) is 0 Å². The minimum Gasteiger partial charge on any atom is -0.353 e. The highest BCUT2D eigenvalue weighted by Crippen LogP contribution is 2.34. The van der Waals surface area contributed by atoms with Crippen LogP contribution >= 0.6 is 11.6 Å². The van der Waals surface area contributed by atoms with Gasteiger partial charge >= 0.3 is 12.2 Å². The van der Waals surface area contributed by atoms with E-state index in [1.807, 2.05) is 12.1 Å². The van der Waals surface area contributed by atoms with Crippen LogP contribution in [0.2, 0.25) is 5.02 Å². The van der Waals surface area contributed by atoms with Crippen LogP contribution in [0, 0.1) is 0 Å². The standard InChI is InChI=1S/C23H22ClF3N6O/c1-32-10-12-33(13-11-32)21-9-8-19(30-31-21)15-2-5-17(6-3-15)28-22(34)29-20-14-16(23(25,26)27)4-7-18(20)24/h2-9,14H,10-13H2,1H3,(H2,28,29,34). The molecule has 2 N–H and O–H groups in total. The molecule has 1 saturated heterocycles. The van der Waals surface area contributed by atoms with Gasteiger partial charge in [-0.15, -0.1) is 10.2 Å². The molecule has 7 nitrogen and oxygen atoms in total. The van der Waals surface area contributed by atoms with Gasteiger partial charge in [-0.05, 0) is 49.5 Å². The van der Waals surface area contributed by atoms with E-state index in [-0.39, 0.29) is 10.7 Å². The minimum absolute atomic E-state index is 0.00269. The monoisotopic (exact) mass is 490 g/mol. The molecule has 0 bridgehead atoms. The fourth-order valence-corrected chi connectivity index (χ4v) is 3.65. The molecule has 3 aromatic rings. The molecule has 2 heterocycles. The topological polar surface area (TPSA) is 73.4 Å². The highest BCUT2D eigenvalue weighted by atomic mass is 35.5. The predicted octanol–water partition coefficient (Wildman–Crippen LogP) is 5.21. The van der Waals surface area contributed by atoms with Crippen molar-refractivity contribution < 1.29 is 18.0 Å². The molecule has 0 saturated carbocycles. The van der Waals surface area contributed by atoms with Crippen molar-refractivity contribution in [1.29, 1.82) is 0 Å². The van der Waals surface area contributed by atoms with Crippen molar-refractivity contribution in [2.24, 2.45) is 0 Å². The summed E-state index contributed by atoms with van der Waals surface area (Å²) in [4.78, 5) is 16.7. The zero-order chi connectivity index (χ0) is 24.3. The zero-order valence-electron chi connectivity index (χ0n) is 18.2. The second-order valence-corrected chi connectivity index (χ2v) is 8.32. The molecule has 0 aliphatic carbocycles. The Bertz CT molecular complexity index is 1150. The quantitative estimate of drug-likeness (QED) is 0.525. The SMILES string of the molecule is CN1CCN(c2ccc(-c3ccc(NC(=O)Nc4cc(C(F)(F)F)ccc4Cl)cc3)nn2)CC1. The first kappa shape index (κ1) is 23.8. The van der Waals surface area contributed by atoms with E-state index < -0.39 is 17.8 Å². The predicted molar refractivity (Wildman–Crippen MR) is 126 cm³/mol. The van der Waals surface area contributed by atoms with Crippen LogP contribution in [0.15, 0.2) is 54.6 Å². The number of amides is 2. The van der Waals surface area contributed by atoms with Crippen molar-refractivity contribution in [3.05, 3.63) is 65.2 Å². The Balaban J connectivity index is 1.38. The summed E-state index contributed by atoms with van der Waals surface area (Å²) in [5.74, 6) is 0.833. The minimum atomic E-state index is -4.54. The summed E-state index contributed by atoms with van der Waals surface area (Å²) >= 11 is 5.92. The molecule has 4 rings (SSSR count). The first-order valence-corrected chi connectivity index (χ1v) is 10.9. The average molecular weight is 491 g/mol.